The number of hydrogen-bond donors (Lipinski definition) is 2. The lowest BCUT2D eigenvalue weighted by atomic mass is 9.98. The summed E-state index contributed by atoms with van der Waals surface area (Å²) in [4.78, 5) is 27.7. The quantitative estimate of drug-likeness (QED) is 0.659. The zero-order valence-corrected chi connectivity index (χ0v) is 15.0. The van der Waals surface area contributed by atoms with Crippen LogP contribution < -0.4 is 5.73 Å². The van der Waals surface area contributed by atoms with Gasteiger partial charge in [0.25, 0.3) is 0 Å². The summed E-state index contributed by atoms with van der Waals surface area (Å²) in [6.07, 6.45) is 0. The number of carboxylic acids is 1. The monoisotopic (exact) mass is 380 g/mol. The smallest absolute Gasteiger partial charge is 0.356 e. The van der Waals surface area contributed by atoms with E-state index < -0.39 is 11.9 Å². The number of aromatic carboxylic acids is 1. The molecular formula is C20H16N2O4S. The molecule has 1 aliphatic rings. The van der Waals surface area contributed by atoms with Crippen molar-refractivity contribution in [3.8, 4) is 11.1 Å². The fourth-order valence-electron chi connectivity index (χ4n) is 3.40. The lowest BCUT2D eigenvalue weighted by Gasteiger charge is -2.13. The van der Waals surface area contributed by atoms with Crippen LogP contribution in [-0.2, 0) is 11.3 Å². The average Bonchev–Trinajstić information content (AvgIpc) is 3.26. The molecule has 0 atom stereocenters. The first-order valence-electron chi connectivity index (χ1n) is 8.38. The van der Waals surface area contributed by atoms with E-state index >= 15 is 0 Å². The minimum absolute atomic E-state index is 0.0254. The maximum Gasteiger partial charge on any atom is 0.356 e. The van der Waals surface area contributed by atoms with Gasteiger partial charge >= 0.3 is 11.9 Å². The molecule has 3 N–H and O–H groups in total. The van der Waals surface area contributed by atoms with Crippen LogP contribution in [0.5, 0.6) is 0 Å². The molecule has 0 spiro atoms. The Morgan fingerprint density at radius 1 is 1.07 bits per heavy atom. The minimum atomic E-state index is -1.27. The maximum atomic E-state index is 12.5. The van der Waals surface area contributed by atoms with Crippen LogP contribution >= 0.6 is 11.3 Å². The molecule has 1 aromatic heterocycles. The normalized spacial score (nSPS) is 12.5. The number of esters is 1. The number of carbonyl (C=O) groups excluding carboxylic acids is 1. The highest BCUT2D eigenvalue weighted by Gasteiger charge is 2.30. The summed E-state index contributed by atoms with van der Waals surface area (Å²) in [6.45, 7) is 0.198. The number of aromatic nitrogens is 1. The van der Waals surface area contributed by atoms with E-state index in [1.54, 1.807) is 0 Å². The summed E-state index contributed by atoms with van der Waals surface area (Å²) in [7, 11) is 0. The Morgan fingerprint density at radius 3 is 2.22 bits per heavy atom. The molecule has 7 heteroatoms. The molecule has 1 aliphatic carbocycles. The number of ether oxygens (including phenoxy) is 1. The van der Waals surface area contributed by atoms with Crippen LogP contribution in [0.4, 0.5) is 0 Å². The second-order valence-electron chi connectivity index (χ2n) is 6.12. The number of carboxylic acid groups (broad SMARTS) is 1. The molecule has 2 aromatic carbocycles. The Labute approximate surface area is 159 Å². The second-order valence-corrected chi connectivity index (χ2v) is 7.20. The third-order valence-corrected chi connectivity index (χ3v) is 5.64. The topological polar surface area (TPSA) is 103 Å². The maximum absolute atomic E-state index is 12.5. The van der Waals surface area contributed by atoms with E-state index in [1.165, 1.54) is 0 Å². The van der Waals surface area contributed by atoms with Gasteiger partial charge in [-0.1, -0.05) is 48.5 Å². The molecule has 1 heterocycles. The zero-order chi connectivity index (χ0) is 19.0. The molecule has 0 fully saturated rings. The molecule has 136 valence electrons. The van der Waals surface area contributed by atoms with Crippen molar-refractivity contribution in [3.63, 3.8) is 0 Å². The van der Waals surface area contributed by atoms with Gasteiger partial charge in [0.1, 0.15) is 16.5 Å². The van der Waals surface area contributed by atoms with Gasteiger partial charge in [-0.05, 0) is 22.3 Å². The lowest BCUT2D eigenvalue weighted by molar-refractivity contribution is 0.0488. The van der Waals surface area contributed by atoms with Crippen LogP contribution in [0.3, 0.4) is 0 Å². The molecule has 0 amide bonds. The number of nitrogens with two attached hydrogens (primary N) is 1. The van der Waals surface area contributed by atoms with E-state index in [-0.39, 0.29) is 29.6 Å². The first-order chi connectivity index (χ1) is 13.1. The zero-order valence-electron chi connectivity index (χ0n) is 14.2. The molecule has 0 bridgehead atoms. The molecule has 0 aliphatic heterocycles. The first-order valence-corrected chi connectivity index (χ1v) is 9.20. The van der Waals surface area contributed by atoms with E-state index in [1.807, 2.05) is 36.4 Å². The van der Waals surface area contributed by atoms with Gasteiger partial charge in [0, 0.05) is 12.5 Å². The largest absolute Gasteiger partial charge is 0.476 e. The van der Waals surface area contributed by atoms with Crippen molar-refractivity contribution in [2.75, 3.05) is 6.61 Å². The molecule has 3 aromatic rings. The van der Waals surface area contributed by atoms with Gasteiger partial charge in [-0.15, -0.1) is 11.3 Å². The molecule has 0 saturated heterocycles. The standard InChI is InChI=1S/C20H16N2O4S/c21-9-16-22-17(19(23)24)18(27-16)20(25)26-10-15-13-7-3-1-5-11(13)12-6-2-4-8-14(12)15/h1-8,15H,9-10,21H2,(H,23,24). The van der Waals surface area contributed by atoms with Gasteiger partial charge in [0.15, 0.2) is 5.69 Å². The van der Waals surface area contributed by atoms with E-state index in [0.717, 1.165) is 33.6 Å². The van der Waals surface area contributed by atoms with E-state index in [2.05, 4.69) is 17.1 Å². The van der Waals surface area contributed by atoms with Gasteiger partial charge in [0.2, 0.25) is 0 Å². The number of carbonyl (C=O) groups is 2. The van der Waals surface area contributed by atoms with E-state index in [9.17, 15) is 14.7 Å². The number of benzene rings is 2. The highest BCUT2D eigenvalue weighted by Crippen LogP contribution is 2.44. The van der Waals surface area contributed by atoms with Crippen LogP contribution in [0.1, 0.15) is 42.2 Å². The predicted octanol–water partition coefficient (Wildman–Crippen LogP) is 3.27. The van der Waals surface area contributed by atoms with Crippen molar-refractivity contribution in [2.24, 2.45) is 5.73 Å². The Kier molecular flexibility index (Phi) is 4.47. The summed E-state index contributed by atoms with van der Waals surface area (Å²) < 4.78 is 5.50. The summed E-state index contributed by atoms with van der Waals surface area (Å²) >= 11 is 0.958. The summed E-state index contributed by atoms with van der Waals surface area (Å²) in [5, 5.41) is 9.64. The van der Waals surface area contributed by atoms with E-state index in [4.69, 9.17) is 10.5 Å². The van der Waals surface area contributed by atoms with Crippen LogP contribution in [0.2, 0.25) is 0 Å². The number of rotatable bonds is 5. The van der Waals surface area contributed by atoms with Gasteiger partial charge < -0.3 is 15.6 Å². The Hall–Kier alpha value is -3.03. The fraction of sp³-hybridized carbons (Fsp3) is 0.150. The van der Waals surface area contributed by atoms with Crippen molar-refractivity contribution in [1.29, 1.82) is 0 Å². The third-order valence-electron chi connectivity index (χ3n) is 4.58. The van der Waals surface area contributed by atoms with Crippen LogP contribution in [0, 0.1) is 0 Å². The second kappa shape index (κ2) is 6.94. The average molecular weight is 380 g/mol. The Balaban J connectivity index is 1.60. The van der Waals surface area contributed by atoms with Crippen LogP contribution in [0.15, 0.2) is 48.5 Å². The van der Waals surface area contributed by atoms with Gasteiger partial charge in [0.05, 0.1) is 0 Å². The van der Waals surface area contributed by atoms with Gasteiger partial charge in [-0.25, -0.2) is 14.6 Å². The highest BCUT2D eigenvalue weighted by molar-refractivity contribution is 7.13. The van der Waals surface area contributed by atoms with Crippen LogP contribution in [0.25, 0.3) is 11.1 Å². The first kappa shape index (κ1) is 17.4. The minimum Gasteiger partial charge on any atom is -0.476 e. The van der Waals surface area contributed by atoms with Crippen LogP contribution in [-0.4, -0.2) is 28.6 Å². The SMILES string of the molecule is NCc1nc(C(=O)O)c(C(=O)OCC2c3ccccc3-c3ccccc32)s1. The summed E-state index contributed by atoms with van der Waals surface area (Å²) in [6, 6.07) is 16.0. The molecule has 6 nitrogen and oxygen atoms in total. The summed E-state index contributed by atoms with van der Waals surface area (Å²) in [5.74, 6) is -2.04. The van der Waals surface area contributed by atoms with Gasteiger partial charge in [-0.2, -0.15) is 0 Å². The number of thiazole rings is 1. The fourth-order valence-corrected chi connectivity index (χ4v) is 4.23. The lowest BCUT2D eigenvalue weighted by Crippen LogP contribution is -2.14. The molecule has 0 saturated carbocycles. The van der Waals surface area contributed by atoms with Crippen molar-refractivity contribution < 1.29 is 19.4 Å². The molecule has 0 unspecified atom stereocenters. The summed E-state index contributed by atoms with van der Waals surface area (Å²) in [5.41, 5.74) is 9.65. The van der Waals surface area contributed by atoms with Crippen molar-refractivity contribution in [3.05, 3.63) is 75.2 Å². The molecular weight excluding hydrogens is 364 g/mol. The highest BCUT2D eigenvalue weighted by atomic mass is 32.1. The van der Waals surface area contributed by atoms with Crippen molar-refractivity contribution >= 4 is 23.3 Å². The third kappa shape index (κ3) is 3.01. The number of nitrogens with zero attached hydrogens (tertiary/aromatic N) is 1. The number of hydrogen-bond acceptors (Lipinski definition) is 6. The predicted molar refractivity (Wildman–Crippen MR) is 101 cm³/mol. The van der Waals surface area contributed by atoms with Gasteiger partial charge in [-0.3, -0.25) is 0 Å². The Bertz CT molecular complexity index is 998. The Morgan fingerprint density at radius 2 is 1.67 bits per heavy atom. The molecule has 0 radical (unpaired) electrons. The van der Waals surface area contributed by atoms with Crippen molar-refractivity contribution in [2.45, 2.75) is 12.5 Å². The molecule has 27 heavy (non-hydrogen) atoms. The van der Waals surface area contributed by atoms with Crippen molar-refractivity contribution in [1.82, 2.24) is 4.98 Å². The number of fused-ring (bicyclic) bond motifs is 3. The molecule has 4 rings (SSSR count). The van der Waals surface area contributed by atoms with E-state index in [0.29, 0.717) is 5.01 Å².